The largest absolute Gasteiger partial charge is 0.350 e. The molecular weight excluding hydrogens is 334 g/mol. The molecule has 136 valence electrons. The zero-order chi connectivity index (χ0) is 18.4. The number of aryl methyl sites for hydroxylation is 2. The molecule has 0 fully saturated rings. The summed E-state index contributed by atoms with van der Waals surface area (Å²) in [7, 11) is 0. The fourth-order valence-electron chi connectivity index (χ4n) is 4.21. The molecule has 2 aromatic heterocycles. The monoisotopic (exact) mass is 357 g/mol. The number of nitrogens with zero attached hydrogens (tertiary/aromatic N) is 4. The van der Waals surface area contributed by atoms with E-state index in [1.54, 1.807) is 0 Å². The van der Waals surface area contributed by atoms with Gasteiger partial charge in [0.05, 0.1) is 6.54 Å². The molecule has 1 aromatic carbocycles. The minimum absolute atomic E-state index is 0.371. The average molecular weight is 357 g/mol. The summed E-state index contributed by atoms with van der Waals surface area (Å²) < 4.78 is 1.88. The van der Waals surface area contributed by atoms with E-state index in [4.69, 9.17) is 4.98 Å². The van der Waals surface area contributed by atoms with E-state index in [2.05, 4.69) is 53.5 Å². The summed E-state index contributed by atoms with van der Waals surface area (Å²) in [5, 5.41) is 8.22. The van der Waals surface area contributed by atoms with Crippen molar-refractivity contribution in [3.8, 4) is 11.1 Å². The minimum atomic E-state index is 0.371. The van der Waals surface area contributed by atoms with Crippen molar-refractivity contribution in [2.45, 2.75) is 39.2 Å². The highest BCUT2D eigenvalue weighted by atomic mass is 15.3. The zero-order valence-electron chi connectivity index (χ0n) is 15.7. The fourth-order valence-corrected chi connectivity index (χ4v) is 4.21. The van der Waals surface area contributed by atoms with Gasteiger partial charge in [-0.25, -0.2) is 4.52 Å². The summed E-state index contributed by atoms with van der Waals surface area (Å²) in [6.07, 6.45) is 7.25. The smallest absolute Gasteiger partial charge is 0.243 e. The maximum Gasteiger partial charge on any atom is 0.243 e. The van der Waals surface area contributed by atoms with E-state index < -0.39 is 0 Å². The van der Waals surface area contributed by atoms with Crippen molar-refractivity contribution in [1.29, 1.82) is 0 Å². The van der Waals surface area contributed by atoms with Crippen LogP contribution in [0.15, 0.2) is 52.7 Å². The van der Waals surface area contributed by atoms with E-state index in [9.17, 15) is 0 Å². The van der Waals surface area contributed by atoms with Crippen LogP contribution >= 0.6 is 0 Å². The Kier molecular flexibility index (Phi) is 3.81. The Labute approximate surface area is 158 Å². The van der Waals surface area contributed by atoms with E-state index >= 15 is 0 Å². The Balaban J connectivity index is 1.46. The van der Waals surface area contributed by atoms with Crippen LogP contribution in [0.2, 0.25) is 0 Å². The first-order chi connectivity index (χ1) is 13.2. The van der Waals surface area contributed by atoms with Gasteiger partial charge in [0, 0.05) is 24.0 Å². The third-order valence-electron chi connectivity index (χ3n) is 5.61. The highest BCUT2D eigenvalue weighted by Crippen LogP contribution is 2.30. The number of rotatable bonds is 3. The molecule has 1 N–H and O–H groups in total. The topological polar surface area (TPSA) is 54.6 Å². The molecule has 3 heterocycles. The van der Waals surface area contributed by atoms with Crippen LogP contribution in [0.25, 0.3) is 16.8 Å². The van der Waals surface area contributed by atoms with Gasteiger partial charge in [-0.1, -0.05) is 23.8 Å². The summed E-state index contributed by atoms with van der Waals surface area (Å²) >= 11 is 0. The number of aromatic nitrogens is 3. The molecular formula is C22H23N5. The molecule has 0 saturated carbocycles. The van der Waals surface area contributed by atoms with Crippen LogP contribution in [-0.4, -0.2) is 33.4 Å². The minimum Gasteiger partial charge on any atom is -0.350 e. The second-order valence-corrected chi connectivity index (χ2v) is 7.63. The fraction of sp³-hybridized carbons (Fsp3) is 0.318. The summed E-state index contributed by atoms with van der Waals surface area (Å²) in [5.41, 5.74) is 8.66. The van der Waals surface area contributed by atoms with Crippen LogP contribution in [-0.2, 0) is 0 Å². The number of nitrogens with one attached hydrogen (secondary N) is 1. The van der Waals surface area contributed by atoms with Crippen LogP contribution in [0.1, 0.15) is 30.4 Å². The average Bonchev–Trinajstić information content (AvgIpc) is 3.27. The summed E-state index contributed by atoms with van der Waals surface area (Å²) in [5.74, 6) is 0.705. The SMILES string of the molecule is Cc1ccc(-c2cccn3nc(NC4CCC5=C(C=NC5)C4)nc23)c(C)c1. The molecule has 5 rings (SSSR count). The first kappa shape index (κ1) is 16.2. The standard InChI is InChI=1S/C22H23N5/c1-14-5-8-19(15(2)10-14)20-4-3-9-27-21(20)25-22(26-27)24-18-7-6-16-12-23-13-17(16)11-18/h3-5,8-10,13,18H,6-7,11-12H2,1-2H3,(H,24,26). The predicted molar refractivity (Wildman–Crippen MR) is 110 cm³/mol. The van der Waals surface area contributed by atoms with Crippen LogP contribution in [0.3, 0.4) is 0 Å². The molecule has 0 bridgehead atoms. The Morgan fingerprint density at radius 1 is 1.15 bits per heavy atom. The van der Waals surface area contributed by atoms with Gasteiger partial charge in [-0.05, 0) is 67.5 Å². The number of hydrogen-bond acceptors (Lipinski definition) is 4. The van der Waals surface area contributed by atoms with E-state index in [0.717, 1.165) is 37.0 Å². The molecule has 0 saturated heterocycles. The molecule has 1 aliphatic carbocycles. The highest BCUT2D eigenvalue weighted by Gasteiger charge is 2.23. The molecule has 1 atom stereocenters. The lowest BCUT2D eigenvalue weighted by molar-refractivity contribution is 0.611. The number of pyridine rings is 1. The number of fused-ring (bicyclic) bond motifs is 1. The van der Waals surface area contributed by atoms with Crippen LogP contribution < -0.4 is 5.32 Å². The third kappa shape index (κ3) is 2.93. The first-order valence-corrected chi connectivity index (χ1v) is 9.57. The summed E-state index contributed by atoms with van der Waals surface area (Å²) in [6.45, 7) is 5.17. The third-order valence-corrected chi connectivity index (χ3v) is 5.61. The Morgan fingerprint density at radius 3 is 2.96 bits per heavy atom. The maximum absolute atomic E-state index is 4.82. The van der Waals surface area contributed by atoms with Gasteiger partial charge in [0.25, 0.3) is 0 Å². The second-order valence-electron chi connectivity index (χ2n) is 7.63. The molecule has 0 radical (unpaired) electrons. The first-order valence-electron chi connectivity index (χ1n) is 9.57. The van der Waals surface area contributed by atoms with E-state index in [-0.39, 0.29) is 0 Å². The Bertz CT molecular complexity index is 1090. The second kappa shape index (κ2) is 6.34. The zero-order valence-corrected chi connectivity index (χ0v) is 15.7. The molecule has 5 heteroatoms. The normalized spacial score (nSPS) is 19.0. The van der Waals surface area contributed by atoms with Gasteiger partial charge in [0.2, 0.25) is 5.95 Å². The predicted octanol–water partition coefficient (Wildman–Crippen LogP) is 4.36. The molecule has 2 aliphatic rings. The van der Waals surface area contributed by atoms with Gasteiger partial charge < -0.3 is 5.32 Å². The van der Waals surface area contributed by atoms with Crippen molar-refractivity contribution in [2.24, 2.45) is 4.99 Å². The Hall–Kier alpha value is -2.95. The molecule has 0 spiro atoms. The molecule has 5 nitrogen and oxygen atoms in total. The molecule has 1 aliphatic heterocycles. The lowest BCUT2D eigenvalue weighted by atomic mass is 9.90. The van der Waals surface area contributed by atoms with Crippen molar-refractivity contribution < 1.29 is 0 Å². The number of aliphatic imine (C=N–C) groups is 1. The molecule has 1 unspecified atom stereocenters. The van der Waals surface area contributed by atoms with Gasteiger partial charge in [0.1, 0.15) is 0 Å². The van der Waals surface area contributed by atoms with E-state index in [0.29, 0.717) is 12.0 Å². The maximum atomic E-state index is 4.82. The van der Waals surface area contributed by atoms with Gasteiger partial charge in [-0.15, -0.1) is 5.10 Å². The van der Waals surface area contributed by atoms with Gasteiger partial charge >= 0.3 is 0 Å². The van der Waals surface area contributed by atoms with Crippen molar-refractivity contribution in [1.82, 2.24) is 14.6 Å². The summed E-state index contributed by atoms with van der Waals surface area (Å²) in [4.78, 5) is 9.22. The van der Waals surface area contributed by atoms with E-state index in [1.807, 2.05) is 23.0 Å². The van der Waals surface area contributed by atoms with Crippen LogP contribution in [0.4, 0.5) is 5.95 Å². The van der Waals surface area contributed by atoms with Crippen LogP contribution in [0.5, 0.6) is 0 Å². The summed E-state index contributed by atoms with van der Waals surface area (Å²) in [6, 6.07) is 11.1. The molecule has 3 aromatic rings. The van der Waals surface area contributed by atoms with Crippen molar-refractivity contribution >= 4 is 17.8 Å². The highest BCUT2D eigenvalue weighted by molar-refractivity contribution is 5.83. The van der Waals surface area contributed by atoms with Crippen LogP contribution in [0, 0.1) is 13.8 Å². The quantitative estimate of drug-likeness (QED) is 0.758. The number of benzene rings is 1. The van der Waals surface area contributed by atoms with Crippen molar-refractivity contribution in [3.05, 3.63) is 58.8 Å². The van der Waals surface area contributed by atoms with Crippen molar-refractivity contribution in [2.75, 3.05) is 11.9 Å². The molecule has 0 amide bonds. The van der Waals surface area contributed by atoms with Crippen molar-refractivity contribution in [3.63, 3.8) is 0 Å². The lowest BCUT2D eigenvalue weighted by Crippen LogP contribution is -2.24. The number of hydrogen-bond donors (Lipinski definition) is 1. The van der Waals surface area contributed by atoms with Gasteiger partial charge in [-0.3, -0.25) is 4.99 Å². The van der Waals surface area contributed by atoms with E-state index in [1.165, 1.54) is 27.8 Å². The number of anilines is 1. The molecule has 27 heavy (non-hydrogen) atoms. The van der Waals surface area contributed by atoms with Gasteiger partial charge in [0.15, 0.2) is 5.65 Å². The Morgan fingerprint density at radius 2 is 2.07 bits per heavy atom. The van der Waals surface area contributed by atoms with Gasteiger partial charge in [-0.2, -0.15) is 4.98 Å². The lowest BCUT2D eigenvalue weighted by Gasteiger charge is -2.23.